The van der Waals surface area contributed by atoms with E-state index in [1.807, 2.05) is 48.5 Å². The minimum absolute atomic E-state index is 0.114. The number of benzene rings is 2. The maximum absolute atomic E-state index is 13.5. The van der Waals surface area contributed by atoms with Crippen molar-refractivity contribution in [1.82, 2.24) is 15.2 Å². The van der Waals surface area contributed by atoms with Crippen LogP contribution >= 0.6 is 0 Å². The molecule has 2 aromatic carbocycles. The van der Waals surface area contributed by atoms with E-state index in [1.165, 1.54) is 0 Å². The highest BCUT2D eigenvalue weighted by Crippen LogP contribution is 2.44. The molecule has 2 aliphatic rings. The summed E-state index contributed by atoms with van der Waals surface area (Å²) >= 11 is 0. The SMILES string of the molecule is CN1C(=O)c2ccccc2[C@H](C(=O)NCc2ccncc2)[C@H]1c1ccc2c(c1)OCO2. The largest absolute Gasteiger partial charge is 0.454 e. The van der Waals surface area contributed by atoms with Gasteiger partial charge in [0.25, 0.3) is 5.91 Å². The van der Waals surface area contributed by atoms with Crippen molar-refractivity contribution in [3.8, 4) is 11.5 Å². The van der Waals surface area contributed by atoms with E-state index in [2.05, 4.69) is 10.3 Å². The highest BCUT2D eigenvalue weighted by molar-refractivity contribution is 6.01. The lowest BCUT2D eigenvalue weighted by atomic mass is 9.79. The van der Waals surface area contributed by atoms with Crippen LogP contribution < -0.4 is 14.8 Å². The summed E-state index contributed by atoms with van der Waals surface area (Å²) in [4.78, 5) is 32.2. The molecule has 1 N–H and O–H groups in total. The number of likely N-dealkylation sites (N-methyl/N-ethyl adjacent to an activating group) is 1. The van der Waals surface area contributed by atoms with Gasteiger partial charge in [-0.05, 0) is 47.0 Å². The molecule has 0 saturated carbocycles. The summed E-state index contributed by atoms with van der Waals surface area (Å²) in [5.41, 5.74) is 3.04. The van der Waals surface area contributed by atoms with E-state index < -0.39 is 12.0 Å². The second kappa shape index (κ2) is 7.75. The predicted octanol–water partition coefficient (Wildman–Crippen LogP) is 3.04. The van der Waals surface area contributed by atoms with E-state index in [1.54, 1.807) is 30.4 Å². The van der Waals surface area contributed by atoms with Crippen molar-refractivity contribution in [2.75, 3.05) is 13.8 Å². The molecular formula is C24H21N3O4. The Hall–Kier alpha value is -3.87. The van der Waals surface area contributed by atoms with Gasteiger partial charge < -0.3 is 19.7 Å². The van der Waals surface area contributed by atoms with Crippen molar-refractivity contribution in [3.05, 3.63) is 89.2 Å². The normalized spacial score (nSPS) is 19.1. The van der Waals surface area contributed by atoms with Gasteiger partial charge in [0.15, 0.2) is 11.5 Å². The molecule has 0 aliphatic carbocycles. The van der Waals surface area contributed by atoms with Crippen LogP contribution in [0.25, 0.3) is 0 Å². The summed E-state index contributed by atoms with van der Waals surface area (Å²) in [5, 5.41) is 3.04. The number of ether oxygens (including phenoxy) is 2. The molecule has 1 aromatic heterocycles. The summed E-state index contributed by atoms with van der Waals surface area (Å²) in [6.07, 6.45) is 3.39. The lowest BCUT2D eigenvalue weighted by Crippen LogP contribution is -2.45. The minimum atomic E-state index is -0.568. The summed E-state index contributed by atoms with van der Waals surface area (Å²) in [6.45, 7) is 0.544. The molecule has 0 spiro atoms. The molecule has 2 amide bonds. The number of amides is 2. The van der Waals surface area contributed by atoms with Crippen LogP contribution in [0.3, 0.4) is 0 Å². The molecule has 7 nitrogen and oxygen atoms in total. The van der Waals surface area contributed by atoms with Gasteiger partial charge in [0.05, 0.1) is 12.0 Å². The Kier molecular flexibility index (Phi) is 4.78. The van der Waals surface area contributed by atoms with Crippen molar-refractivity contribution in [1.29, 1.82) is 0 Å². The van der Waals surface area contributed by atoms with Crippen LogP contribution in [-0.4, -0.2) is 35.5 Å². The fraction of sp³-hybridized carbons (Fsp3) is 0.208. The molecule has 0 radical (unpaired) electrons. The molecule has 0 unspecified atom stereocenters. The van der Waals surface area contributed by atoms with Crippen LogP contribution in [0.2, 0.25) is 0 Å². The Balaban J connectivity index is 1.54. The standard InChI is InChI=1S/C24H21N3O4/c1-27-22(16-6-7-19-20(12-16)31-14-30-19)21(17-4-2-3-5-18(17)24(27)29)23(28)26-13-15-8-10-25-11-9-15/h2-12,21-22H,13-14H2,1H3,(H,26,28)/t21-,22+/m0/s1. The van der Waals surface area contributed by atoms with Crippen LogP contribution in [0.4, 0.5) is 0 Å². The quantitative estimate of drug-likeness (QED) is 0.709. The molecule has 31 heavy (non-hydrogen) atoms. The number of nitrogens with one attached hydrogen (secondary N) is 1. The molecule has 2 aliphatic heterocycles. The number of nitrogens with zero attached hydrogens (tertiary/aromatic N) is 2. The zero-order chi connectivity index (χ0) is 21.4. The van der Waals surface area contributed by atoms with Gasteiger partial charge in [0.2, 0.25) is 12.7 Å². The van der Waals surface area contributed by atoms with Gasteiger partial charge in [0, 0.05) is 31.5 Å². The number of carbonyl (C=O) groups is 2. The average molecular weight is 415 g/mol. The average Bonchev–Trinajstić information content (AvgIpc) is 3.28. The number of aromatic nitrogens is 1. The highest BCUT2D eigenvalue weighted by atomic mass is 16.7. The van der Waals surface area contributed by atoms with Gasteiger partial charge in [-0.1, -0.05) is 24.3 Å². The van der Waals surface area contributed by atoms with Crippen molar-refractivity contribution in [2.24, 2.45) is 0 Å². The van der Waals surface area contributed by atoms with E-state index in [9.17, 15) is 9.59 Å². The lowest BCUT2D eigenvalue weighted by molar-refractivity contribution is -0.124. The van der Waals surface area contributed by atoms with Crippen LogP contribution in [0.5, 0.6) is 11.5 Å². The number of rotatable bonds is 4. The van der Waals surface area contributed by atoms with Gasteiger partial charge >= 0.3 is 0 Å². The second-order valence-electron chi connectivity index (χ2n) is 7.61. The summed E-state index contributed by atoms with van der Waals surface area (Å²) in [6, 6.07) is 16.1. The number of hydrogen-bond acceptors (Lipinski definition) is 5. The zero-order valence-corrected chi connectivity index (χ0v) is 16.9. The van der Waals surface area contributed by atoms with Gasteiger partial charge in [-0.3, -0.25) is 14.6 Å². The predicted molar refractivity (Wildman–Crippen MR) is 113 cm³/mol. The third-order valence-corrected chi connectivity index (χ3v) is 5.82. The first-order valence-electron chi connectivity index (χ1n) is 10.1. The molecule has 5 rings (SSSR count). The first-order valence-corrected chi connectivity index (χ1v) is 10.1. The lowest BCUT2D eigenvalue weighted by Gasteiger charge is -2.39. The third-order valence-electron chi connectivity index (χ3n) is 5.82. The van der Waals surface area contributed by atoms with Crippen LogP contribution in [0.1, 0.15) is 39.0 Å². The minimum Gasteiger partial charge on any atom is -0.454 e. The highest BCUT2D eigenvalue weighted by Gasteiger charge is 2.42. The Morgan fingerprint density at radius 2 is 1.87 bits per heavy atom. The number of hydrogen-bond donors (Lipinski definition) is 1. The van der Waals surface area contributed by atoms with Crippen molar-refractivity contribution < 1.29 is 19.1 Å². The maximum atomic E-state index is 13.5. The van der Waals surface area contributed by atoms with Crippen molar-refractivity contribution in [3.63, 3.8) is 0 Å². The third kappa shape index (κ3) is 3.38. The molecular weight excluding hydrogens is 394 g/mol. The number of pyridine rings is 1. The van der Waals surface area contributed by atoms with Gasteiger partial charge in [-0.25, -0.2) is 0 Å². The molecule has 0 fully saturated rings. The first-order chi connectivity index (χ1) is 15.1. The van der Waals surface area contributed by atoms with E-state index in [0.29, 0.717) is 23.6 Å². The van der Waals surface area contributed by atoms with E-state index in [-0.39, 0.29) is 18.6 Å². The number of fused-ring (bicyclic) bond motifs is 2. The topological polar surface area (TPSA) is 80.8 Å². The van der Waals surface area contributed by atoms with Gasteiger partial charge in [-0.15, -0.1) is 0 Å². The fourth-order valence-electron chi connectivity index (χ4n) is 4.27. The molecule has 0 saturated heterocycles. The smallest absolute Gasteiger partial charge is 0.254 e. The Labute approximate surface area is 179 Å². The Morgan fingerprint density at radius 1 is 1.10 bits per heavy atom. The monoisotopic (exact) mass is 415 g/mol. The van der Waals surface area contributed by atoms with Crippen molar-refractivity contribution >= 4 is 11.8 Å². The second-order valence-corrected chi connectivity index (χ2v) is 7.61. The van der Waals surface area contributed by atoms with Crippen molar-refractivity contribution in [2.45, 2.75) is 18.5 Å². The molecule has 3 heterocycles. The molecule has 2 atom stereocenters. The van der Waals surface area contributed by atoms with E-state index >= 15 is 0 Å². The first kappa shape index (κ1) is 19.1. The zero-order valence-electron chi connectivity index (χ0n) is 16.9. The van der Waals surface area contributed by atoms with E-state index in [4.69, 9.17) is 9.47 Å². The maximum Gasteiger partial charge on any atom is 0.254 e. The number of carbonyl (C=O) groups excluding carboxylic acids is 2. The molecule has 3 aromatic rings. The fourth-order valence-corrected chi connectivity index (χ4v) is 4.27. The van der Waals surface area contributed by atoms with Crippen LogP contribution in [0, 0.1) is 0 Å². The molecule has 156 valence electrons. The molecule has 7 heteroatoms. The van der Waals surface area contributed by atoms with E-state index in [0.717, 1.165) is 16.7 Å². The Bertz CT molecular complexity index is 1150. The molecule has 0 bridgehead atoms. The van der Waals surface area contributed by atoms with Gasteiger partial charge in [0.1, 0.15) is 0 Å². The van der Waals surface area contributed by atoms with Gasteiger partial charge in [-0.2, -0.15) is 0 Å². The summed E-state index contributed by atoms with van der Waals surface area (Å²) < 4.78 is 11.0. The van der Waals surface area contributed by atoms with Crippen LogP contribution in [0.15, 0.2) is 67.0 Å². The van der Waals surface area contributed by atoms with Crippen LogP contribution in [-0.2, 0) is 11.3 Å². The summed E-state index contributed by atoms with van der Waals surface area (Å²) in [7, 11) is 1.73. The Morgan fingerprint density at radius 3 is 2.71 bits per heavy atom. The summed E-state index contributed by atoms with van der Waals surface area (Å²) in [5.74, 6) is 0.449.